The predicted molar refractivity (Wildman–Crippen MR) is 105 cm³/mol. The Morgan fingerprint density at radius 1 is 1.38 bits per heavy atom. The smallest absolute Gasteiger partial charge is 0.156 e. The standard InChI is InChI=1S/C14H17ClN4.C3H8O2.CH3N/c1-2-12(16)9-3-4-10(7-9)19-6-5-11-13(15)17-8-18-14(11)19;1-3(2,4)5;1-2/h2,5-6,8-10H,3-4,7,16H2,1H3;4-5H,1-2H3;2H,1H2/b12-2-;;. The highest BCUT2D eigenvalue weighted by Crippen LogP contribution is 2.39. The number of halogens is 1. The number of nitrogens with zero attached hydrogens (tertiary/aromatic N) is 3. The van der Waals surface area contributed by atoms with Crippen LogP contribution in [0.4, 0.5) is 0 Å². The molecule has 2 aromatic heterocycles. The number of aromatic nitrogens is 3. The van der Waals surface area contributed by atoms with Gasteiger partial charge in [0.05, 0.1) is 5.39 Å². The summed E-state index contributed by atoms with van der Waals surface area (Å²) in [5.41, 5.74) is 7.96. The van der Waals surface area contributed by atoms with Crippen molar-refractivity contribution < 1.29 is 10.2 Å². The molecule has 1 saturated carbocycles. The molecular formula is C18H28ClN5O2. The van der Waals surface area contributed by atoms with E-state index in [0.29, 0.717) is 17.1 Å². The number of hydrogen-bond donors (Lipinski definition) is 4. The molecule has 0 aromatic carbocycles. The fraction of sp³-hybridized carbons (Fsp3) is 0.500. The Balaban J connectivity index is 0.000000420. The van der Waals surface area contributed by atoms with E-state index in [1.165, 1.54) is 20.2 Å². The van der Waals surface area contributed by atoms with Gasteiger partial charge in [-0.15, -0.1) is 0 Å². The Morgan fingerprint density at radius 2 is 2.00 bits per heavy atom. The summed E-state index contributed by atoms with van der Waals surface area (Å²) in [6, 6.07) is 2.44. The van der Waals surface area contributed by atoms with Gasteiger partial charge >= 0.3 is 0 Å². The van der Waals surface area contributed by atoms with Crippen LogP contribution in [0.15, 0.2) is 30.4 Å². The number of nitrogens with two attached hydrogens (primary N) is 1. The second-order valence-electron chi connectivity index (χ2n) is 6.57. The molecule has 26 heavy (non-hydrogen) atoms. The van der Waals surface area contributed by atoms with Crippen molar-refractivity contribution in [3.8, 4) is 0 Å². The van der Waals surface area contributed by atoms with Crippen molar-refractivity contribution in [3.05, 3.63) is 35.5 Å². The van der Waals surface area contributed by atoms with Crippen LogP contribution < -0.4 is 5.73 Å². The molecule has 1 aliphatic carbocycles. The molecule has 2 heterocycles. The molecule has 0 spiro atoms. The van der Waals surface area contributed by atoms with Gasteiger partial charge in [-0.2, -0.15) is 0 Å². The number of fused-ring (bicyclic) bond motifs is 1. The van der Waals surface area contributed by atoms with E-state index in [-0.39, 0.29) is 0 Å². The maximum atomic E-state index is 8.08. The number of allylic oxidation sites excluding steroid dienone is 2. The molecule has 0 bridgehead atoms. The van der Waals surface area contributed by atoms with Gasteiger partial charge in [0.2, 0.25) is 0 Å². The van der Waals surface area contributed by atoms with E-state index in [1.807, 2.05) is 19.1 Å². The van der Waals surface area contributed by atoms with Crippen molar-refractivity contribution in [3.63, 3.8) is 0 Å². The summed E-state index contributed by atoms with van der Waals surface area (Å²) in [6.45, 7) is 7.10. The lowest BCUT2D eigenvalue weighted by Crippen LogP contribution is -2.15. The number of rotatable bonds is 2. The first-order valence-electron chi connectivity index (χ1n) is 8.39. The van der Waals surface area contributed by atoms with E-state index in [0.717, 1.165) is 36.0 Å². The Bertz CT molecular complexity index is 733. The molecule has 8 heteroatoms. The van der Waals surface area contributed by atoms with Gasteiger partial charge in [0, 0.05) is 23.9 Å². The molecule has 0 radical (unpaired) electrons. The van der Waals surface area contributed by atoms with Crippen LogP contribution in [-0.2, 0) is 0 Å². The van der Waals surface area contributed by atoms with Crippen LogP contribution in [0.2, 0.25) is 5.15 Å². The van der Waals surface area contributed by atoms with Crippen molar-refractivity contribution >= 4 is 29.4 Å². The van der Waals surface area contributed by atoms with E-state index in [2.05, 4.69) is 27.4 Å². The first kappa shape index (κ1) is 22.1. The van der Waals surface area contributed by atoms with E-state index in [1.54, 1.807) is 0 Å². The third kappa shape index (κ3) is 6.09. The lowest BCUT2D eigenvalue weighted by Gasteiger charge is -2.14. The average Bonchev–Trinajstić information content (AvgIpc) is 3.21. The van der Waals surface area contributed by atoms with Gasteiger partial charge in [-0.05, 0) is 52.8 Å². The van der Waals surface area contributed by atoms with Crippen LogP contribution >= 0.6 is 11.6 Å². The molecular weight excluding hydrogens is 354 g/mol. The molecule has 0 aliphatic heterocycles. The van der Waals surface area contributed by atoms with Gasteiger partial charge < -0.3 is 25.9 Å². The third-order valence-corrected chi connectivity index (χ3v) is 4.36. The zero-order valence-electron chi connectivity index (χ0n) is 15.5. The molecule has 5 N–H and O–H groups in total. The van der Waals surface area contributed by atoms with Gasteiger partial charge in [0.1, 0.15) is 17.1 Å². The maximum absolute atomic E-state index is 8.08. The molecule has 1 aliphatic rings. The van der Waals surface area contributed by atoms with E-state index in [4.69, 9.17) is 33.0 Å². The molecule has 2 unspecified atom stereocenters. The fourth-order valence-electron chi connectivity index (χ4n) is 2.98. The zero-order chi connectivity index (χ0) is 19.9. The Kier molecular flexibility index (Phi) is 8.20. The SMILES string of the molecule is C/C=C(\N)C1CCC(n2ccc3c(Cl)ncnc32)C1.C=N.CC(C)(O)O. The summed E-state index contributed by atoms with van der Waals surface area (Å²) in [7, 11) is 0. The van der Waals surface area contributed by atoms with Gasteiger partial charge in [-0.25, -0.2) is 9.97 Å². The van der Waals surface area contributed by atoms with Crippen molar-refractivity contribution in [2.45, 2.75) is 51.9 Å². The highest BCUT2D eigenvalue weighted by molar-refractivity contribution is 6.33. The Labute approximate surface area is 159 Å². The minimum Gasteiger partial charge on any atom is -0.402 e. The first-order chi connectivity index (χ1) is 12.2. The van der Waals surface area contributed by atoms with Crippen LogP contribution in [0.5, 0.6) is 0 Å². The summed E-state index contributed by atoms with van der Waals surface area (Å²) < 4.78 is 2.21. The van der Waals surface area contributed by atoms with E-state index < -0.39 is 5.79 Å². The second-order valence-corrected chi connectivity index (χ2v) is 6.93. The van der Waals surface area contributed by atoms with Crippen LogP contribution in [0.3, 0.4) is 0 Å². The van der Waals surface area contributed by atoms with E-state index in [9.17, 15) is 0 Å². The Hall–Kier alpha value is -1.96. The average molecular weight is 382 g/mol. The maximum Gasteiger partial charge on any atom is 0.156 e. The number of aliphatic hydroxyl groups is 2. The summed E-state index contributed by atoms with van der Waals surface area (Å²) in [6.07, 6.45) is 8.93. The van der Waals surface area contributed by atoms with Gasteiger partial charge in [0.15, 0.2) is 5.79 Å². The minimum absolute atomic E-state index is 0.451. The van der Waals surface area contributed by atoms with Gasteiger partial charge in [-0.1, -0.05) is 17.7 Å². The first-order valence-corrected chi connectivity index (χ1v) is 8.77. The van der Waals surface area contributed by atoms with E-state index >= 15 is 0 Å². The Morgan fingerprint density at radius 3 is 2.58 bits per heavy atom. The summed E-state index contributed by atoms with van der Waals surface area (Å²) >= 11 is 6.09. The second kappa shape index (κ2) is 9.66. The molecule has 2 atom stereocenters. The highest BCUT2D eigenvalue weighted by Gasteiger charge is 2.28. The largest absolute Gasteiger partial charge is 0.402 e. The normalized spacial score (nSPS) is 20.2. The highest BCUT2D eigenvalue weighted by atomic mass is 35.5. The fourth-order valence-corrected chi connectivity index (χ4v) is 3.17. The molecule has 7 nitrogen and oxygen atoms in total. The summed E-state index contributed by atoms with van der Waals surface area (Å²) in [5.74, 6) is -1.01. The quantitative estimate of drug-likeness (QED) is 0.361. The minimum atomic E-state index is -1.50. The van der Waals surface area contributed by atoms with Crippen molar-refractivity contribution in [2.24, 2.45) is 11.7 Å². The molecule has 3 rings (SSSR count). The van der Waals surface area contributed by atoms with Crippen LogP contribution in [0.1, 0.15) is 46.1 Å². The molecule has 1 fully saturated rings. The predicted octanol–water partition coefficient (Wildman–Crippen LogP) is 3.26. The lowest BCUT2D eigenvalue weighted by atomic mass is 10.0. The third-order valence-electron chi connectivity index (χ3n) is 4.06. The van der Waals surface area contributed by atoms with Gasteiger partial charge in [-0.3, -0.25) is 0 Å². The summed E-state index contributed by atoms with van der Waals surface area (Å²) in [4.78, 5) is 8.37. The van der Waals surface area contributed by atoms with Crippen molar-refractivity contribution in [1.29, 1.82) is 5.41 Å². The molecule has 0 amide bonds. The number of nitrogens with one attached hydrogen (secondary N) is 1. The lowest BCUT2D eigenvalue weighted by molar-refractivity contribution is -0.127. The molecule has 0 saturated heterocycles. The summed E-state index contributed by atoms with van der Waals surface area (Å²) in [5, 5.41) is 23.1. The van der Waals surface area contributed by atoms with Crippen LogP contribution in [0, 0.1) is 11.3 Å². The van der Waals surface area contributed by atoms with Crippen LogP contribution in [-0.4, -0.2) is 37.3 Å². The monoisotopic (exact) mass is 381 g/mol. The number of hydrogen-bond acceptors (Lipinski definition) is 6. The zero-order valence-corrected chi connectivity index (χ0v) is 16.2. The molecule has 2 aromatic rings. The van der Waals surface area contributed by atoms with Crippen molar-refractivity contribution in [2.75, 3.05) is 0 Å². The van der Waals surface area contributed by atoms with Crippen molar-refractivity contribution in [1.82, 2.24) is 14.5 Å². The molecule has 144 valence electrons. The van der Waals surface area contributed by atoms with Gasteiger partial charge in [0.25, 0.3) is 0 Å². The topological polar surface area (TPSA) is 121 Å². The van der Waals surface area contributed by atoms with Crippen LogP contribution in [0.25, 0.3) is 11.0 Å².